The molecule has 114 valence electrons. The zero-order valence-corrected chi connectivity index (χ0v) is 12.3. The summed E-state index contributed by atoms with van der Waals surface area (Å²) in [7, 11) is -1.86. The molecular weight excluding hydrogens is 296 g/mol. The lowest BCUT2D eigenvalue weighted by Crippen LogP contribution is -2.24. The van der Waals surface area contributed by atoms with E-state index in [0.29, 0.717) is 11.9 Å². The van der Waals surface area contributed by atoms with Gasteiger partial charge in [-0.25, -0.2) is 0 Å². The number of nitrogens with zero attached hydrogens (tertiary/aromatic N) is 2. The maximum absolute atomic E-state index is 11.7. The average Bonchev–Trinajstić information content (AvgIpc) is 2.65. The van der Waals surface area contributed by atoms with E-state index in [0.717, 1.165) is 10.9 Å². The van der Waals surface area contributed by atoms with Crippen LogP contribution in [0.3, 0.4) is 0 Å². The minimum atomic E-state index is -3.67. The van der Waals surface area contributed by atoms with Gasteiger partial charge in [0, 0.05) is 18.0 Å². The molecule has 5 N–H and O–H groups in total. The number of rotatable bonds is 1. The van der Waals surface area contributed by atoms with Crippen LogP contribution in [-0.4, -0.2) is 35.7 Å². The van der Waals surface area contributed by atoms with Gasteiger partial charge in [-0.1, -0.05) is 18.2 Å². The first kappa shape index (κ1) is 16.7. The third-order valence-corrected chi connectivity index (χ3v) is 2.40. The molecule has 2 aromatic rings. The van der Waals surface area contributed by atoms with Crippen LogP contribution in [0.4, 0.5) is 0 Å². The molecule has 0 aliphatic heterocycles. The van der Waals surface area contributed by atoms with Crippen LogP contribution in [0.15, 0.2) is 35.3 Å². The number of hydrogen-bond acceptors (Lipinski definition) is 3. The van der Waals surface area contributed by atoms with Gasteiger partial charge in [-0.15, -0.1) is 0 Å². The highest BCUT2D eigenvalue weighted by molar-refractivity contribution is 7.85. The van der Waals surface area contributed by atoms with Gasteiger partial charge in [0.1, 0.15) is 5.69 Å². The van der Waals surface area contributed by atoms with E-state index in [2.05, 4.69) is 4.99 Å². The molecule has 0 aliphatic carbocycles. The lowest BCUT2D eigenvalue weighted by Gasteiger charge is -1.99. The van der Waals surface area contributed by atoms with E-state index in [1.165, 1.54) is 0 Å². The zero-order chi connectivity index (χ0) is 16.2. The van der Waals surface area contributed by atoms with E-state index < -0.39 is 16.0 Å². The maximum Gasteiger partial charge on any atom is 0.296 e. The Morgan fingerprint density at radius 1 is 1.29 bits per heavy atom. The van der Waals surface area contributed by atoms with Gasteiger partial charge in [0.05, 0.1) is 6.26 Å². The van der Waals surface area contributed by atoms with Crippen LogP contribution >= 0.6 is 0 Å². The van der Waals surface area contributed by atoms with Gasteiger partial charge in [-0.2, -0.15) is 13.4 Å². The third kappa shape index (κ3) is 5.24. The number of benzene rings is 1. The summed E-state index contributed by atoms with van der Waals surface area (Å²) in [6.45, 7) is 0. The molecule has 0 aliphatic rings. The second-order valence-electron chi connectivity index (χ2n) is 4.22. The van der Waals surface area contributed by atoms with Crippen LogP contribution in [-0.2, 0) is 17.2 Å². The van der Waals surface area contributed by atoms with Gasteiger partial charge >= 0.3 is 0 Å². The number of hydrogen-bond donors (Lipinski definition) is 3. The minimum Gasteiger partial charge on any atom is -0.370 e. The quantitative estimate of drug-likeness (QED) is 0.387. The first-order valence-corrected chi connectivity index (χ1v) is 7.55. The van der Waals surface area contributed by atoms with Gasteiger partial charge in [0.15, 0.2) is 5.96 Å². The fraction of sp³-hybridized carbons (Fsp3) is 0.167. The van der Waals surface area contributed by atoms with Crippen molar-refractivity contribution in [3.05, 3.63) is 36.0 Å². The molecule has 0 radical (unpaired) electrons. The largest absolute Gasteiger partial charge is 0.370 e. The van der Waals surface area contributed by atoms with E-state index in [9.17, 15) is 13.2 Å². The SMILES string of the molecule is CS(=O)(=O)O.Cn1c(C(=O)N=C(N)N)cc2ccccc21. The number of aromatic nitrogens is 1. The highest BCUT2D eigenvalue weighted by Crippen LogP contribution is 2.18. The molecule has 0 atom stereocenters. The maximum atomic E-state index is 11.7. The molecule has 1 aromatic heterocycles. The zero-order valence-electron chi connectivity index (χ0n) is 11.5. The van der Waals surface area contributed by atoms with Crippen LogP contribution in [0.5, 0.6) is 0 Å². The summed E-state index contributed by atoms with van der Waals surface area (Å²) in [6, 6.07) is 9.46. The van der Waals surface area contributed by atoms with Crippen LogP contribution in [0.2, 0.25) is 0 Å². The van der Waals surface area contributed by atoms with Crippen molar-refractivity contribution in [2.45, 2.75) is 0 Å². The van der Waals surface area contributed by atoms with Gasteiger partial charge in [0.25, 0.3) is 16.0 Å². The van der Waals surface area contributed by atoms with Crippen LogP contribution in [0.25, 0.3) is 10.9 Å². The molecule has 1 amide bonds. The van der Waals surface area contributed by atoms with Crippen LogP contribution < -0.4 is 11.5 Å². The summed E-state index contributed by atoms with van der Waals surface area (Å²) < 4.78 is 27.6. The molecule has 0 bridgehead atoms. The summed E-state index contributed by atoms with van der Waals surface area (Å²) in [5.74, 6) is -0.658. The minimum absolute atomic E-state index is 0.227. The van der Waals surface area contributed by atoms with E-state index in [4.69, 9.17) is 16.0 Å². The second kappa shape index (κ2) is 6.37. The van der Waals surface area contributed by atoms with Gasteiger partial charge in [-0.3, -0.25) is 9.35 Å². The number of carbonyl (C=O) groups excluding carboxylic acids is 1. The fourth-order valence-electron chi connectivity index (χ4n) is 1.67. The number of amides is 1. The second-order valence-corrected chi connectivity index (χ2v) is 5.69. The molecular formula is C12H16N4O4S. The van der Waals surface area contributed by atoms with E-state index >= 15 is 0 Å². The standard InChI is InChI=1S/C11H12N4O.CH4O3S/c1-15-8-5-3-2-4-7(8)6-9(15)10(16)14-11(12)13;1-5(2,3)4/h2-6H,1H3,(H4,12,13,14,16);1H3,(H,2,3,4). The number of aryl methyl sites for hydroxylation is 1. The Bertz CT molecular complexity index is 781. The number of fused-ring (bicyclic) bond motifs is 1. The lowest BCUT2D eigenvalue weighted by atomic mass is 10.2. The number of carbonyl (C=O) groups is 1. The van der Waals surface area contributed by atoms with Crippen molar-refractivity contribution in [3.63, 3.8) is 0 Å². The first-order valence-electron chi connectivity index (χ1n) is 5.70. The Morgan fingerprint density at radius 3 is 2.29 bits per heavy atom. The molecule has 8 nitrogen and oxygen atoms in total. The Labute approximate surface area is 121 Å². The van der Waals surface area contributed by atoms with Crippen molar-refractivity contribution in [3.8, 4) is 0 Å². The first-order chi connectivity index (χ1) is 9.59. The van der Waals surface area contributed by atoms with Crippen molar-refractivity contribution in [2.75, 3.05) is 6.26 Å². The lowest BCUT2D eigenvalue weighted by molar-refractivity contribution is 0.0995. The van der Waals surface area contributed by atoms with Crippen molar-refractivity contribution in [1.29, 1.82) is 0 Å². The van der Waals surface area contributed by atoms with E-state index in [-0.39, 0.29) is 5.96 Å². The van der Waals surface area contributed by atoms with Crippen molar-refractivity contribution in [2.24, 2.45) is 23.5 Å². The highest BCUT2D eigenvalue weighted by Gasteiger charge is 2.12. The summed E-state index contributed by atoms with van der Waals surface area (Å²) >= 11 is 0. The molecule has 2 rings (SSSR count). The summed E-state index contributed by atoms with van der Waals surface area (Å²) in [4.78, 5) is 15.2. The van der Waals surface area contributed by atoms with E-state index in [1.54, 1.807) is 17.7 Å². The summed E-state index contributed by atoms with van der Waals surface area (Å²) in [5.41, 5.74) is 11.8. The topological polar surface area (TPSA) is 141 Å². The molecule has 1 heterocycles. The number of guanidine groups is 1. The van der Waals surface area contributed by atoms with Crippen molar-refractivity contribution in [1.82, 2.24) is 4.57 Å². The summed E-state index contributed by atoms with van der Waals surface area (Å²) in [6.07, 6.45) is 0.715. The molecule has 0 saturated carbocycles. The smallest absolute Gasteiger partial charge is 0.296 e. The molecule has 1 aromatic carbocycles. The molecule has 0 spiro atoms. The van der Waals surface area contributed by atoms with E-state index in [1.807, 2.05) is 24.3 Å². The number of para-hydroxylation sites is 1. The monoisotopic (exact) mass is 312 g/mol. The molecule has 0 unspecified atom stereocenters. The van der Waals surface area contributed by atoms with Crippen LogP contribution in [0.1, 0.15) is 10.5 Å². The van der Waals surface area contributed by atoms with Gasteiger partial charge in [-0.05, 0) is 12.1 Å². The summed E-state index contributed by atoms with van der Waals surface area (Å²) in [5, 5.41) is 0.985. The normalized spacial score (nSPS) is 10.6. The van der Waals surface area contributed by atoms with Crippen molar-refractivity contribution < 1.29 is 17.8 Å². The predicted octanol–water partition coefficient (Wildman–Crippen LogP) is 0.0959. The highest BCUT2D eigenvalue weighted by atomic mass is 32.2. The molecule has 9 heteroatoms. The third-order valence-electron chi connectivity index (χ3n) is 2.40. The Kier molecular flexibility index (Phi) is 5.06. The predicted molar refractivity (Wildman–Crippen MR) is 80.5 cm³/mol. The molecule has 21 heavy (non-hydrogen) atoms. The van der Waals surface area contributed by atoms with Gasteiger partial charge < -0.3 is 16.0 Å². The Balaban J connectivity index is 0.000000383. The fourth-order valence-corrected chi connectivity index (χ4v) is 1.67. The number of aliphatic imine (C=N–C) groups is 1. The molecule has 0 saturated heterocycles. The Morgan fingerprint density at radius 2 is 1.81 bits per heavy atom. The number of nitrogens with two attached hydrogens (primary N) is 2. The van der Waals surface area contributed by atoms with Crippen molar-refractivity contribution >= 4 is 32.9 Å². The average molecular weight is 312 g/mol. The molecule has 0 fully saturated rings. The van der Waals surface area contributed by atoms with Gasteiger partial charge in [0.2, 0.25) is 0 Å². The van der Waals surface area contributed by atoms with Crippen LogP contribution in [0, 0.1) is 0 Å². The Hall–Kier alpha value is -2.39.